The lowest BCUT2D eigenvalue weighted by Gasteiger charge is -2.27. The van der Waals surface area contributed by atoms with Crippen molar-refractivity contribution in [2.24, 2.45) is 0 Å². The number of ether oxygens (including phenoxy) is 2. The van der Waals surface area contributed by atoms with E-state index in [1.165, 1.54) is 19.2 Å². The summed E-state index contributed by atoms with van der Waals surface area (Å²) < 4.78 is 27.3. The van der Waals surface area contributed by atoms with Crippen molar-refractivity contribution in [1.82, 2.24) is 14.6 Å². The van der Waals surface area contributed by atoms with Crippen molar-refractivity contribution in [3.63, 3.8) is 0 Å². The summed E-state index contributed by atoms with van der Waals surface area (Å²) in [7, 11) is 1.38. The van der Waals surface area contributed by atoms with Crippen molar-refractivity contribution in [3.8, 4) is 28.3 Å². The molecule has 34 heavy (non-hydrogen) atoms. The van der Waals surface area contributed by atoms with E-state index in [0.29, 0.717) is 33.9 Å². The van der Waals surface area contributed by atoms with Gasteiger partial charge in [-0.15, -0.1) is 0 Å². The number of carboxylic acid groups (broad SMARTS) is 1. The van der Waals surface area contributed by atoms with Crippen LogP contribution in [0.25, 0.3) is 28.2 Å². The van der Waals surface area contributed by atoms with E-state index in [1.54, 1.807) is 38.3 Å². The van der Waals surface area contributed by atoms with E-state index in [0.717, 1.165) is 5.56 Å². The first kappa shape index (κ1) is 23.4. The van der Waals surface area contributed by atoms with E-state index in [-0.39, 0.29) is 5.75 Å². The zero-order chi connectivity index (χ0) is 24.6. The van der Waals surface area contributed by atoms with Crippen LogP contribution >= 0.6 is 0 Å². The molecule has 0 radical (unpaired) electrons. The van der Waals surface area contributed by atoms with Gasteiger partial charge in [0.15, 0.2) is 23.3 Å². The topological polar surface area (TPSA) is 86.0 Å². The molecule has 0 fully saturated rings. The summed E-state index contributed by atoms with van der Waals surface area (Å²) in [6.07, 6.45) is -1.35. The summed E-state index contributed by atoms with van der Waals surface area (Å²) in [6, 6.07) is 15.8. The van der Waals surface area contributed by atoms with Crippen molar-refractivity contribution in [1.29, 1.82) is 0 Å². The molecule has 1 N–H and O–H groups in total. The molecule has 0 aliphatic rings. The Balaban J connectivity index is 2.06. The average Bonchev–Trinajstić information content (AvgIpc) is 3.20. The number of rotatable bonds is 6. The Morgan fingerprint density at radius 3 is 2.38 bits per heavy atom. The highest BCUT2D eigenvalue weighted by Gasteiger charge is 2.33. The molecule has 1 unspecified atom stereocenters. The molecule has 176 valence electrons. The van der Waals surface area contributed by atoms with E-state index in [2.05, 4.69) is 4.98 Å². The molecule has 2 aromatic carbocycles. The average molecular weight is 464 g/mol. The number of hydrogen-bond acceptors (Lipinski definition) is 5. The Morgan fingerprint density at radius 1 is 1.09 bits per heavy atom. The Hall–Kier alpha value is -3.78. The zero-order valence-electron chi connectivity index (χ0n) is 19.7. The van der Waals surface area contributed by atoms with E-state index >= 15 is 0 Å². The van der Waals surface area contributed by atoms with Gasteiger partial charge in [0.1, 0.15) is 0 Å². The van der Waals surface area contributed by atoms with Gasteiger partial charge in [-0.3, -0.25) is 0 Å². The van der Waals surface area contributed by atoms with Crippen LogP contribution in [0.2, 0.25) is 0 Å². The molecule has 0 saturated carbocycles. The number of fused-ring (bicyclic) bond motifs is 1. The minimum absolute atomic E-state index is 0.0819. The summed E-state index contributed by atoms with van der Waals surface area (Å²) in [5, 5.41) is 14.8. The number of aliphatic carboxylic acids is 1. The Bertz CT molecular complexity index is 1360. The molecule has 4 aromatic rings. The van der Waals surface area contributed by atoms with Crippen LogP contribution in [-0.4, -0.2) is 38.4 Å². The maximum Gasteiger partial charge on any atom is 0.337 e. The lowest BCUT2D eigenvalue weighted by molar-refractivity contribution is -0.160. The number of benzene rings is 2. The van der Waals surface area contributed by atoms with Gasteiger partial charge in [-0.1, -0.05) is 30.3 Å². The molecule has 0 spiro atoms. The molecule has 2 heterocycles. The van der Waals surface area contributed by atoms with Crippen LogP contribution in [0.4, 0.5) is 4.39 Å². The molecular formula is C26H26FN3O4. The van der Waals surface area contributed by atoms with E-state index in [9.17, 15) is 14.3 Å². The van der Waals surface area contributed by atoms with E-state index in [1.807, 2.05) is 36.4 Å². The van der Waals surface area contributed by atoms with Crippen LogP contribution < -0.4 is 4.74 Å². The fourth-order valence-corrected chi connectivity index (χ4v) is 3.87. The SMILES string of the molecule is COc1ccc(-c2c(C(OC(C)(C)C)C(=O)O)c(C)nc3cc(-c4ccccc4)nn23)cc1F. The van der Waals surface area contributed by atoms with Crippen LogP contribution in [0.15, 0.2) is 54.6 Å². The van der Waals surface area contributed by atoms with Gasteiger partial charge in [0.2, 0.25) is 0 Å². The number of methoxy groups -OCH3 is 1. The third-order valence-corrected chi connectivity index (χ3v) is 5.28. The monoisotopic (exact) mass is 463 g/mol. The maximum atomic E-state index is 14.8. The van der Waals surface area contributed by atoms with Crippen LogP contribution in [0.1, 0.15) is 38.1 Å². The van der Waals surface area contributed by atoms with Gasteiger partial charge >= 0.3 is 5.97 Å². The summed E-state index contributed by atoms with van der Waals surface area (Å²) in [5.74, 6) is -1.67. The number of halogens is 1. The third kappa shape index (κ3) is 4.49. The van der Waals surface area contributed by atoms with Gasteiger partial charge in [0, 0.05) is 28.5 Å². The molecule has 0 bridgehead atoms. The van der Waals surface area contributed by atoms with Gasteiger partial charge in [0.05, 0.1) is 24.1 Å². The van der Waals surface area contributed by atoms with Crippen molar-refractivity contribution < 1.29 is 23.8 Å². The zero-order valence-corrected chi connectivity index (χ0v) is 19.7. The summed E-state index contributed by atoms with van der Waals surface area (Å²) in [4.78, 5) is 17.0. The largest absolute Gasteiger partial charge is 0.494 e. The molecule has 0 amide bonds. The minimum Gasteiger partial charge on any atom is -0.494 e. The number of hydrogen-bond donors (Lipinski definition) is 1. The van der Waals surface area contributed by atoms with Crippen molar-refractivity contribution in [2.45, 2.75) is 39.4 Å². The Labute approximate surface area is 196 Å². The molecule has 0 saturated heterocycles. The Kier molecular flexibility index (Phi) is 6.10. The lowest BCUT2D eigenvalue weighted by atomic mass is 9.98. The smallest absolute Gasteiger partial charge is 0.337 e. The quantitative estimate of drug-likeness (QED) is 0.409. The van der Waals surface area contributed by atoms with Gasteiger partial charge in [-0.25, -0.2) is 18.7 Å². The first-order chi connectivity index (χ1) is 16.1. The first-order valence-corrected chi connectivity index (χ1v) is 10.8. The van der Waals surface area contributed by atoms with Gasteiger partial charge in [-0.2, -0.15) is 5.10 Å². The second kappa shape index (κ2) is 8.87. The highest BCUT2D eigenvalue weighted by molar-refractivity contribution is 5.81. The normalized spacial score (nSPS) is 12.6. The number of carboxylic acids is 1. The number of aromatic nitrogens is 3. The van der Waals surface area contributed by atoms with Gasteiger partial charge in [0.25, 0.3) is 0 Å². The second-order valence-electron chi connectivity index (χ2n) is 8.92. The molecule has 1 atom stereocenters. The third-order valence-electron chi connectivity index (χ3n) is 5.28. The highest BCUT2D eigenvalue weighted by atomic mass is 19.1. The van der Waals surface area contributed by atoms with Crippen LogP contribution in [0, 0.1) is 12.7 Å². The molecule has 4 rings (SSSR count). The highest BCUT2D eigenvalue weighted by Crippen LogP contribution is 2.37. The molecule has 0 aliphatic carbocycles. The summed E-state index contributed by atoms with van der Waals surface area (Å²) in [5.41, 5.74) is 2.86. The van der Waals surface area contributed by atoms with Crippen LogP contribution in [-0.2, 0) is 9.53 Å². The molecule has 2 aromatic heterocycles. The van der Waals surface area contributed by atoms with Gasteiger partial charge < -0.3 is 14.6 Å². The molecule has 8 heteroatoms. The number of nitrogens with zero attached hydrogens (tertiary/aromatic N) is 3. The van der Waals surface area contributed by atoms with Crippen LogP contribution in [0.3, 0.4) is 0 Å². The standard InChI is InChI=1S/C26H26FN3O4/c1-15-22(24(25(31)32)34-26(2,3)4)23(17-11-12-20(33-5)18(27)13-17)30-21(28-15)14-19(29-30)16-9-7-6-8-10-16/h6-14,24H,1-5H3,(H,31,32). The first-order valence-electron chi connectivity index (χ1n) is 10.8. The van der Waals surface area contributed by atoms with Crippen LogP contribution in [0.5, 0.6) is 5.75 Å². The van der Waals surface area contributed by atoms with E-state index < -0.39 is 23.5 Å². The molecule has 0 aliphatic heterocycles. The van der Waals surface area contributed by atoms with Crippen molar-refractivity contribution in [3.05, 3.63) is 71.7 Å². The predicted octanol–water partition coefficient (Wildman–Crippen LogP) is 5.46. The maximum absolute atomic E-state index is 14.8. The summed E-state index contributed by atoms with van der Waals surface area (Å²) >= 11 is 0. The minimum atomic E-state index is -1.35. The second-order valence-corrected chi connectivity index (χ2v) is 8.92. The Morgan fingerprint density at radius 2 is 1.79 bits per heavy atom. The fourth-order valence-electron chi connectivity index (χ4n) is 3.87. The number of carbonyl (C=O) groups is 1. The fraction of sp³-hybridized carbons (Fsp3) is 0.269. The lowest BCUT2D eigenvalue weighted by Crippen LogP contribution is -2.29. The van der Waals surface area contributed by atoms with E-state index in [4.69, 9.17) is 14.6 Å². The van der Waals surface area contributed by atoms with Gasteiger partial charge in [-0.05, 0) is 45.9 Å². The molecular weight excluding hydrogens is 437 g/mol. The number of aryl methyl sites for hydroxylation is 1. The molecule has 7 nitrogen and oxygen atoms in total. The van der Waals surface area contributed by atoms with Crippen molar-refractivity contribution >= 4 is 11.6 Å². The predicted molar refractivity (Wildman–Crippen MR) is 126 cm³/mol. The van der Waals surface area contributed by atoms with Crippen molar-refractivity contribution in [2.75, 3.05) is 7.11 Å². The summed E-state index contributed by atoms with van der Waals surface area (Å²) in [6.45, 7) is 7.05.